The average molecular weight is 234 g/mol. The fourth-order valence-electron chi connectivity index (χ4n) is 2.35. The Bertz CT molecular complexity index is 284. The summed E-state index contributed by atoms with van der Waals surface area (Å²) in [6.07, 6.45) is 7.56. The number of nitrogens with zero attached hydrogens (tertiary/aromatic N) is 1. The summed E-state index contributed by atoms with van der Waals surface area (Å²) in [5.41, 5.74) is 1.42. The molecule has 0 aliphatic rings. The summed E-state index contributed by atoms with van der Waals surface area (Å²) in [5, 5.41) is 3.55. The predicted octanol–water partition coefficient (Wildman–Crippen LogP) is 3.60. The smallest absolute Gasteiger partial charge is 0.0270 e. The predicted molar refractivity (Wildman–Crippen MR) is 74.2 cm³/mol. The van der Waals surface area contributed by atoms with E-state index in [1.54, 1.807) is 0 Å². The molecule has 0 saturated carbocycles. The van der Waals surface area contributed by atoms with E-state index in [2.05, 4.69) is 43.2 Å². The molecule has 0 aliphatic carbocycles. The van der Waals surface area contributed by atoms with Crippen molar-refractivity contribution in [3.63, 3.8) is 0 Å². The highest BCUT2D eigenvalue weighted by atomic mass is 14.9. The fourth-order valence-corrected chi connectivity index (χ4v) is 2.35. The van der Waals surface area contributed by atoms with Gasteiger partial charge in [0.05, 0.1) is 0 Å². The third kappa shape index (κ3) is 4.86. The summed E-state index contributed by atoms with van der Waals surface area (Å²) in [4.78, 5) is 4.11. The van der Waals surface area contributed by atoms with Crippen molar-refractivity contribution in [2.24, 2.45) is 5.92 Å². The topological polar surface area (TPSA) is 24.9 Å². The molecule has 2 unspecified atom stereocenters. The number of aromatic nitrogens is 1. The van der Waals surface area contributed by atoms with E-state index in [-0.39, 0.29) is 0 Å². The maximum absolute atomic E-state index is 4.11. The Labute approximate surface area is 106 Å². The van der Waals surface area contributed by atoms with Crippen LogP contribution in [0.4, 0.5) is 0 Å². The number of hydrogen-bond acceptors (Lipinski definition) is 2. The molecule has 17 heavy (non-hydrogen) atoms. The van der Waals surface area contributed by atoms with Gasteiger partial charge >= 0.3 is 0 Å². The fraction of sp³-hybridized carbons (Fsp3) is 0.667. The zero-order chi connectivity index (χ0) is 12.5. The van der Waals surface area contributed by atoms with Crippen molar-refractivity contribution >= 4 is 0 Å². The lowest BCUT2D eigenvalue weighted by molar-refractivity contribution is 0.404. The van der Waals surface area contributed by atoms with Crippen molar-refractivity contribution in [3.8, 4) is 0 Å². The summed E-state index contributed by atoms with van der Waals surface area (Å²) < 4.78 is 0. The van der Waals surface area contributed by atoms with Crippen molar-refractivity contribution in [2.75, 3.05) is 13.1 Å². The van der Waals surface area contributed by atoms with Crippen LogP contribution in [0.5, 0.6) is 0 Å². The van der Waals surface area contributed by atoms with Crippen LogP contribution in [-0.4, -0.2) is 18.1 Å². The summed E-state index contributed by atoms with van der Waals surface area (Å²) in [6, 6.07) is 4.31. The van der Waals surface area contributed by atoms with E-state index in [9.17, 15) is 0 Å². The lowest BCUT2D eigenvalue weighted by Gasteiger charge is -2.24. The van der Waals surface area contributed by atoms with Crippen LogP contribution in [0.1, 0.15) is 51.5 Å². The molecular weight excluding hydrogens is 208 g/mol. The van der Waals surface area contributed by atoms with Crippen molar-refractivity contribution in [2.45, 2.75) is 46.0 Å². The molecule has 2 heteroatoms. The van der Waals surface area contributed by atoms with Gasteiger partial charge < -0.3 is 5.32 Å². The minimum absolute atomic E-state index is 0.615. The second-order valence-corrected chi connectivity index (χ2v) is 4.86. The summed E-state index contributed by atoms with van der Waals surface area (Å²) in [7, 11) is 0. The minimum atomic E-state index is 0.615. The van der Waals surface area contributed by atoms with Crippen molar-refractivity contribution in [1.29, 1.82) is 0 Å². The molecule has 2 nitrogen and oxygen atoms in total. The van der Waals surface area contributed by atoms with Gasteiger partial charge in [-0.1, -0.05) is 33.6 Å². The molecule has 1 rings (SSSR count). The van der Waals surface area contributed by atoms with Crippen molar-refractivity contribution < 1.29 is 0 Å². The molecule has 1 N–H and O–H groups in total. The Morgan fingerprint density at radius 3 is 2.47 bits per heavy atom. The van der Waals surface area contributed by atoms with Gasteiger partial charge in [0, 0.05) is 18.9 Å². The van der Waals surface area contributed by atoms with Gasteiger partial charge in [0.25, 0.3) is 0 Å². The quantitative estimate of drug-likeness (QED) is 0.695. The van der Waals surface area contributed by atoms with Crippen LogP contribution in [0.2, 0.25) is 0 Å². The molecule has 96 valence electrons. The van der Waals surface area contributed by atoms with Crippen LogP contribution < -0.4 is 5.32 Å². The van der Waals surface area contributed by atoms with Gasteiger partial charge in [-0.05, 0) is 42.5 Å². The molecule has 0 spiro atoms. The van der Waals surface area contributed by atoms with Gasteiger partial charge in [0.1, 0.15) is 0 Å². The normalized spacial score (nSPS) is 14.5. The molecule has 0 saturated heterocycles. The maximum atomic E-state index is 4.11. The average Bonchev–Trinajstić information content (AvgIpc) is 2.36. The molecule has 0 aromatic carbocycles. The van der Waals surface area contributed by atoms with E-state index in [1.807, 2.05) is 12.4 Å². The van der Waals surface area contributed by atoms with Crippen LogP contribution in [0.15, 0.2) is 24.5 Å². The van der Waals surface area contributed by atoms with Crippen LogP contribution in [-0.2, 0) is 0 Å². The molecule has 1 aromatic rings. The van der Waals surface area contributed by atoms with Gasteiger partial charge in [0.2, 0.25) is 0 Å². The van der Waals surface area contributed by atoms with E-state index in [0.717, 1.165) is 19.0 Å². The van der Waals surface area contributed by atoms with Crippen molar-refractivity contribution in [3.05, 3.63) is 30.1 Å². The number of nitrogens with one attached hydrogen (secondary N) is 1. The van der Waals surface area contributed by atoms with Crippen LogP contribution in [0.3, 0.4) is 0 Å². The van der Waals surface area contributed by atoms with E-state index in [4.69, 9.17) is 0 Å². The maximum Gasteiger partial charge on any atom is 0.0270 e. The van der Waals surface area contributed by atoms with Gasteiger partial charge in [0.15, 0.2) is 0 Å². The lowest BCUT2D eigenvalue weighted by atomic mass is 9.85. The Balaban J connectivity index is 2.64. The van der Waals surface area contributed by atoms with E-state index in [0.29, 0.717) is 5.92 Å². The largest absolute Gasteiger partial charge is 0.316 e. The molecule has 0 amide bonds. The standard InChI is InChI=1S/C15H26N2/c1-4-6-13(3)15(12-17-9-5-2)14-7-10-16-11-8-14/h7-8,10-11,13,15,17H,4-6,9,12H2,1-3H3. The van der Waals surface area contributed by atoms with Gasteiger partial charge in [-0.15, -0.1) is 0 Å². The zero-order valence-electron chi connectivity index (χ0n) is 11.4. The first kappa shape index (κ1) is 14.2. The number of pyridine rings is 1. The molecule has 1 heterocycles. The summed E-state index contributed by atoms with van der Waals surface area (Å²) in [5.74, 6) is 1.34. The molecule has 0 aliphatic heterocycles. The minimum Gasteiger partial charge on any atom is -0.316 e. The monoisotopic (exact) mass is 234 g/mol. The molecule has 0 fully saturated rings. The molecule has 0 bridgehead atoms. The second kappa shape index (κ2) is 8.24. The van der Waals surface area contributed by atoms with Crippen LogP contribution in [0.25, 0.3) is 0 Å². The van der Waals surface area contributed by atoms with Crippen LogP contribution >= 0.6 is 0 Å². The first-order valence-corrected chi connectivity index (χ1v) is 6.90. The van der Waals surface area contributed by atoms with Crippen molar-refractivity contribution in [1.82, 2.24) is 10.3 Å². The first-order chi connectivity index (χ1) is 8.29. The molecule has 0 radical (unpaired) electrons. The first-order valence-electron chi connectivity index (χ1n) is 6.90. The van der Waals surface area contributed by atoms with Gasteiger partial charge in [-0.25, -0.2) is 0 Å². The highest BCUT2D eigenvalue weighted by Crippen LogP contribution is 2.26. The van der Waals surface area contributed by atoms with E-state index < -0.39 is 0 Å². The Hall–Kier alpha value is -0.890. The van der Waals surface area contributed by atoms with E-state index >= 15 is 0 Å². The molecular formula is C15H26N2. The second-order valence-electron chi connectivity index (χ2n) is 4.86. The lowest BCUT2D eigenvalue weighted by Crippen LogP contribution is -2.26. The molecule has 2 atom stereocenters. The third-order valence-electron chi connectivity index (χ3n) is 3.36. The SMILES string of the molecule is CCCNCC(c1ccncc1)C(C)CCC. The Kier molecular flexibility index (Phi) is 6.87. The van der Waals surface area contributed by atoms with Gasteiger partial charge in [-0.3, -0.25) is 4.98 Å². The number of rotatable bonds is 8. The Morgan fingerprint density at radius 2 is 1.88 bits per heavy atom. The van der Waals surface area contributed by atoms with Gasteiger partial charge in [-0.2, -0.15) is 0 Å². The number of hydrogen-bond donors (Lipinski definition) is 1. The summed E-state index contributed by atoms with van der Waals surface area (Å²) in [6.45, 7) is 9.03. The summed E-state index contributed by atoms with van der Waals surface area (Å²) >= 11 is 0. The molecule has 1 aromatic heterocycles. The van der Waals surface area contributed by atoms with Crippen LogP contribution in [0, 0.1) is 5.92 Å². The highest BCUT2D eigenvalue weighted by Gasteiger charge is 2.17. The third-order valence-corrected chi connectivity index (χ3v) is 3.36. The zero-order valence-corrected chi connectivity index (χ0v) is 11.4. The highest BCUT2D eigenvalue weighted by molar-refractivity contribution is 5.17. The van der Waals surface area contributed by atoms with E-state index in [1.165, 1.54) is 24.8 Å². The Morgan fingerprint density at radius 1 is 1.18 bits per heavy atom.